The molecule has 108 valence electrons. The smallest absolute Gasteiger partial charge is 0.417 e. The van der Waals surface area contributed by atoms with E-state index in [-0.39, 0.29) is 18.1 Å². The van der Waals surface area contributed by atoms with Crippen molar-refractivity contribution in [1.29, 1.82) is 0 Å². The van der Waals surface area contributed by atoms with Crippen LogP contribution in [0.2, 0.25) is 0 Å². The van der Waals surface area contributed by atoms with Crippen LogP contribution in [-0.4, -0.2) is 22.9 Å². The summed E-state index contributed by atoms with van der Waals surface area (Å²) in [6, 6.07) is 9.28. The maximum atomic E-state index is 12.2. The molecule has 0 aromatic heterocycles. The molecular weight excluding hydrogens is 254 g/mol. The minimum Gasteiger partial charge on any atom is -0.439 e. The molecule has 0 aliphatic carbocycles. The molecule has 1 unspecified atom stereocenters. The van der Waals surface area contributed by atoms with Crippen LogP contribution in [0.1, 0.15) is 45.3 Å². The van der Waals surface area contributed by atoms with E-state index in [2.05, 4.69) is 13.8 Å². The molecule has 2 atom stereocenters. The van der Waals surface area contributed by atoms with Crippen LogP contribution in [-0.2, 0) is 9.53 Å². The SMILES string of the molecule is CC(C)CCC(=O)N1C(=O)O[C@@H](c2ccccc2)C1C. The molecule has 1 aliphatic rings. The number of benzene rings is 1. The topological polar surface area (TPSA) is 46.6 Å². The van der Waals surface area contributed by atoms with E-state index in [9.17, 15) is 9.59 Å². The van der Waals surface area contributed by atoms with Crippen molar-refractivity contribution in [2.75, 3.05) is 0 Å². The summed E-state index contributed by atoms with van der Waals surface area (Å²) < 4.78 is 5.37. The van der Waals surface area contributed by atoms with E-state index >= 15 is 0 Å². The summed E-state index contributed by atoms with van der Waals surface area (Å²) in [4.78, 5) is 25.4. The first-order chi connectivity index (χ1) is 9.50. The van der Waals surface area contributed by atoms with Gasteiger partial charge in [-0.2, -0.15) is 0 Å². The van der Waals surface area contributed by atoms with E-state index in [4.69, 9.17) is 4.74 Å². The van der Waals surface area contributed by atoms with Crippen molar-refractivity contribution in [2.45, 2.75) is 45.8 Å². The molecular formula is C16H21NO3. The molecule has 0 bridgehead atoms. The van der Waals surface area contributed by atoms with Crippen LogP contribution in [0.4, 0.5) is 4.79 Å². The van der Waals surface area contributed by atoms with Crippen LogP contribution in [0.5, 0.6) is 0 Å². The molecule has 1 aromatic carbocycles. The molecule has 20 heavy (non-hydrogen) atoms. The lowest BCUT2D eigenvalue weighted by Crippen LogP contribution is -2.37. The Bertz CT molecular complexity index is 484. The first kappa shape index (κ1) is 14.6. The quantitative estimate of drug-likeness (QED) is 0.844. The van der Waals surface area contributed by atoms with E-state index in [1.165, 1.54) is 4.90 Å². The van der Waals surface area contributed by atoms with E-state index < -0.39 is 6.09 Å². The zero-order valence-electron chi connectivity index (χ0n) is 12.2. The highest BCUT2D eigenvalue weighted by molar-refractivity contribution is 5.93. The van der Waals surface area contributed by atoms with Crippen molar-refractivity contribution in [1.82, 2.24) is 4.90 Å². The Hall–Kier alpha value is -1.84. The van der Waals surface area contributed by atoms with Gasteiger partial charge in [0.1, 0.15) is 6.10 Å². The lowest BCUT2D eigenvalue weighted by atomic mass is 10.0. The number of imide groups is 1. The van der Waals surface area contributed by atoms with Gasteiger partial charge in [0, 0.05) is 6.42 Å². The van der Waals surface area contributed by atoms with E-state index in [0.29, 0.717) is 12.3 Å². The number of hydrogen-bond acceptors (Lipinski definition) is 3. The third-order valence-electron chi connectivity index (χ3n) is 3.60. The average molecular weight is 275 g/mol. The first-order valence-corrected chi connectivity index (χ1v) is 7.08. The van der Waals surface area contributed by atoms with E-state index in [1.54, 1.807) is 0 Å². The van der Waals surface area contributed by atoms with Gasteiger partial charge in [-0.1, -0.05) is 44.2 Å². The van der Waals surface area contributed by atoms with Gasteiger partial charge in [-0.15, -0.1) is 0 Å². The number of amides is 2. The highest BCUT2D eigenvalue weighted by Crippen LogP contribution is 2.32. The Balaban J connectivity index is 2.09. The zero-order valence-corrected chi connectivity index (χ0v) is 12.2. The summed E-state index contributed by atoms with van der Waals surface area (Å²) in [7, 11) is 0. The fourth-order valence-corrected chi connectivity index (χ4v) is 2.42. The molecule has 1 aromatic rings. The number of hydrogen-bond donors (Lipinski definition) is 0. The summed E-state index contributed by atoms with van der Waals surface area (Å²) in [6.07, 6.45) is 0.274. The van der Waals surface area contributed by atoms with Crippen LogP contribution in [0.3, 0.4) is 0 Å². The van der Waals surface area contributed by atoms with Crippen LogP contribution < -0.4 is 0 Å². The zero-order chi connectivity index (χ0) is 14.7. The van der Waals surface area contributed by atoms with Crippen molar-refractivity contribution in [3.8, 4) is 0 Å². The summed E-state index contributed by atoms with van der Waals surface area (Å²) >= 11 is 0. The number of ether oxygens (including phenoxy) is 1. The highest BCUT2D eigenvalue weighted by atomic mass is 16.6. The monoisotopic (exact) mass is 275 g/mol. The van der Waals surface area contributed by atoms with Crippen LogP contribution in [0.25, 0.3) is 0 Å². The lowest BCUT2D eigenvalue weighted by Gasteiger charge is -2.19. The third kappa shape index (κ3) is 3.00. The van der Waals surface area contributed by atoms with Crippen LogP contribution in [0, 0.1) is 5.92 Å². The van der Waals surface area contributed by atoms with Gasteiger partial charge in [-0.05, 0) is 24.8 Å². The summed E-state index contributed by atoms with van der Waals surface area (Å²) in [5.41, 5.74) is 0.924. The van der Waals surface area contributed by atoms with Gasteiger partial charge in [0.2, 0.25) is 5.91 Å². The number of carbonyl (C=O) groups is 2. The molecule has 1 fully saturated rings. The summed E-state index contributed by atoms with van der Waals surface area (Å²) in [5, 5.41) is 0. The van der Waals surface area contributed by atoms with Crippen molar-refractivity contribution in [3.63, 3.8) is 0 Å². The summed E-state index contributed by atoms with van der Waals surface area (Å²) in [6.45, 7) is 5.98. The predicted octanol–water partition coefficient (Wildman–Crippen LogP) is 3.53. The molecule has 4 nitrogen and oxygen atoms in total. The summed E-state index contributed by atoms with van der Waals surface area (Å²) in [5.74, 6) is 0.299. The molecule has 0 spiro atoms. The molecule has 1 saturated heterocycles. The molecule has 1 heterocycles. The Kier molecular flexibility index (Phi) is 4.42. The number of cyclic esters (lactones) is 1. The van der Waals surface area contributed by atoms with Gasteiger partial charge in [-0.25, -0.2) is 9.69 Å². The first-order valence-electron chi connectivity index (χ1n) is 7.08. The predicted molar refractivity (Wildman–Crippen MR) is 76.0 cm³/mol. The fraction of sp³-hybridized carbons (Fsp3) is 0.500. The normalized spacial score (nSPS) is 22.2. The number of carbonyl (C=O) groups excluding carboxylic acids is 2. The maximum absolute atomic E-state index is 12.2. The Labute approximate surface area is 119 Å². The number of nitrogens with zero attached hydrogens (tertiary/aromatic N) is 1. The van der Waals surface area contributed by atoms with Gasteiger partial charge >= 0.3 is 6.09 Å². The fourth-order valence-electron chi connectivity index (χ4n) is 2.42. The van der Waals surface area contributed by atoms with Gasteiger partial charge in [0.25, 0.3) is 0 Å². The van der Waals surface area contributed by atoms with Crippen molar-refractivity contribution in [3.05, 3.63) is 35.9 Å². The number of rotatable bonds is 4. The molecule has 0 saturated carbocycles. The van der Waals surface area contributed by atoms with Gasteiger partial charge < -0.3 is 4.74 Å². The van der Waals surface area contributed by atoms with E-state index in [1.807, 2.05) is 37.3 Å². The van der Waals surface area contributed by atoms with Crippen molar-refractivity contribution >= 4 is 12.0 Å². The van der Waals surface area contributed by atoms with Gasteiger partial charge in [-0.3, -0.25) is 4.79 Å². The second-order valence-electron chi connectivity index (χ2n) is 5.65. The Morgan fingerprint density at radius 2 is 1.95 bits per heavy atom. The standard InChI is InChI=1S/C16H21NO3/c1-11(2)9-10-14(18)17-12(3)15(20-16(17)19)13-7-5-4-6-8-13/h4-8,11-12,15H,9-10H2,1-3H3/t12?,15-/m1/s1. The Morgan fingerprint density at radius 1 is 1.30 bits per heavy atom. The highest BCUT2D eigenvalue weighted by Gasteiger charge is 2.42. The molecule has 0 N–H and O–H groups in total. The third-order valence-corrected chi connectivity index (χ3v) is 3.60. The minimum atomic E-state index is -0.528. The van der Waals surface area contributed by atoms with Crippen molar-refractivity contribution in [2.24, 2.45) is 5.92 Å². The van der Waals surface area contributed by atoms with Crippen LogP contribution in [0.15, 0.2) is 30.3 Å². The molecule has 1 aliphatic heterocycles. The van der Waals surface area contributed by atoms with Crippen molar-refractivity contribution < 1.29 is 14.3 Å². The Morgan fingerprint density at radius 3 is 2.55 bits per heavy atom. The molecule has 2 rings (SSSR count). The molecule has 2 amide bonds. The maximum Gasteiger partial charge on any atom is 0.417 e. The molecule has 4 heteroatoms. The average Bonchev–Trinajstić information content (AvgIpc) is 2.72. The molecule has 0 radical (unpaired) electrons. The van der Waals surface area contributed by atoms with Gasteiger partial charge in [0.15, 0.2) is 0 Å². The van der Waals surface area contributed by atoms with E-state index in [0.717, 1.165) is 12.0 Å². The van der Waals surface area contributed by atoms with Crippen LogP contribution >= 0.6 is 0 Å². The van der Waals surface area contributed by atoms with Gasteiger partial charge in [0.05, 0.1) is 6.04 Å². The minimum absolute atomic E-state index is 0.144. The lowest BCUT2D eigenvalue weighted by molar-refractivity contribution is -0.129. The largest absolute Gasteiger partial charge is 0.439 e. The second kappa shape index (κ2) is 6.07. The second-order valence-corrected chi connectivity index (χ2v) is 5.65.